The van der Waals surface area contributed by atoms with Crippen molar-refractivity contribution in [3.63, 3.8) is 0 Å². The van der Waals surface area contributed by atoms with Gasteiger partial charge in [-0.15, -0.1) is 10.2 Å². The lowest BCUT2D eigenvalue weighted by atomic mass is 9.96. The normalized spacial score (nSPS) is 15.3. The van der Waals surface area contributed by atoms with Gasteiger partial charge in [0.2, 0.25) is 11.0 Å². The molecule has 0 spiro atoms. The van der Waals surface area contributed by atoms with E-state index < -0.39 is 0 Å². The Morgan fingerprint density at radius 1 is 1.15 bits per heavy atom. The average molecular weight is 391 g/mol. The minimum atomic E-state index is -0.273. The van der Waals surface area contributed by atoms with Crippen molar-refractivity contribution in [2.75, 3.05) is 5.32 Å². The van der Waals surface area contributed by atoms with E-state index in [1.54, 1.807) is 41.5 Å². The Balaban J connectivity index is 1.32. The summed E-state index contributed by atoms with van der Waals surface area (Å²) in [4.78, 5) is 4.46. The summed E-state index contributed by atoms with van der Waals surface area (Å²) >= 11 is 3.17. The summed E-state index contributed by atoms with van der Waals surface area (Å²) in [5.41, 5.74) is 1.59. The molecular weight excluding hydrogens is 371 g/mol. The van der Waals surface area contributed by atoms with Crippen LogP contribution in [0.1, 0.15) is 37.8 Å². The predicted molar refractivity (Wildman–Crippen MR) is 102 cm³/mol. The molecular formula is C18H19FN4OS2. The summed E-state index contributed by atoms with van der Waals surface area (Å²) in [6, 6.07) is 6.65. The molecule has 0 unspecified atom stereocenters. The zero-order valence-corrected chi connectivity index (χ0v) is 15.8. The Kier molecular flexibility index (Phi) is 5.50. The molecule has 2 heterocycles. The fraction of sp³-hybridized carbons (Fsp3) is 0.389. The molecule has 0 atom stereocenters. The first-order valence-electron chi connectivity index (χ1n) is 8.69. The van der Waals surface area contributed by atoms with E-state index in [2.05, 4.69) is 20.5 Å². The van der Waals surface area contributed by atoms with Gasteiger partial charge < -0.3 is 9.73 Å². The van der Waals surface area contributed by atoms with Crippen molar-refractivity contribution in [3.8, 4) is 11.5 Å². The van der Waals surface area contributed by atoms with Gasteiger partial charge in [0.15, 0.2) is 4.34 Å². The summed E-state index contributed by atoms with van der Waals surface area (Å²) < 4.78 is 19.4. The van der Waals surface area contributed by atoms with Gasteiger partial charge in [0.05, 0.1) is 5.69 Å². The van der Waals surface area contributed by atoms with Crippen LogP contribution < -0.4 is 5.32 Å². The molecule has 1 aliphatic carbocycles. The first kappa shape index (κ1) is 17.5. The summed E-state index contributed by atoms with van der Waals surface area (Å²) in [7, 11) is 0. The number of halogens is 1. The van der Waals surface area contributed by atoms with Crippen LogP contribution in [0.5, 0.6) is 0 Å². The van der Waals surface area contributed by atoms with E-state index >= 15 is 0 Å². The van der Waals surface area contributed by atoms with Gasteiger partial charge in [-0.3, -0.25) is 0 Å². The third-order valence-corrected chi connectivity index (χ3v) is 6.35. The Labute approximate surface area is 159 Å². The summed E-state index contributed by atoms with van der Waals surface area (Å²) in [5, 5.41) is 12.9. The molecule has 1 aliphatic rings. The maximum Gasteiger partial charge on any atom is 0.226 e. The number of nitrogens with one attached hydrogen (secondary N) is 1. The van der Waals surface area contributed by atoms with E-state index in [0.29, 0.717) is 17.7 Å². The monoisotopic (exact) mass is 390 g/mol. The third-order valence-electron chi connectivity index (χ3n) is 4.33. The fourth-order valence-corrected chi connectivity index (χ4v) is 4.69. The topological polar surface area (TPSA) is 63.8 Å². The second kappa shape index (κ2) is 8.18. The highest BCUT2D eigenvalue weighted by molar-refractivity contribution is 8.00. The molecule has 1 saturated carbocycles. The van der Waals surface area contributed by atoms with Crippen molar-refractivity contribution in [2.45, 2.75) is 48.2 Å². The largest absolute Gasteiger partial charge is 0.444 e. The molecule has 5 nitrogen and oxygen atoms in total. The maximum atomic E-state index is 13.0. The summed E-state index contributed by atoms with van der Waals surface area (Å²) in [6.07, 6.45) is 7.99. The van der Waals surface area contributed by atoms with Crippen molar-refractivity contribution >= 4 is 28.2 Å². The SMILES string of the molecule is Fc1ccc(-c2nc(CSc3nnc(NC4CCCCC4)s3)co2)cc1. The zero-order chi connectivity index (χ0) is 17.8. The smallest absolute Gasteiger partial charge is 0.226 e. The second-order valence-corrected chi connectivity index (χ2v) is 8.49. The van der Waals surface area contributed by atoms with Crippen molar-refractivity contribution in [3.05, 3.63) is 42.0 Å². The number of rotatable bonds is 6. The van der Waals surface area contributed by atoms with Gasteiger partial charge in [0, 0.05) is 17.4 Å². The van der Waals surface area contributed by atoms with Crippen LogP contribution in [0.15, 0.2) is 39.3 Å². The minimum absolute atomic E-state index is 0.273. The highest BCUT2D eigenvalue weighted by atomic mass is 32.2. The lowest BCUT2D eigenvalue weighted by Gasteiger charge is -2.21. The van der Waals surface area contributed by atoms with Crippen LogP contribution in [0.3, 0.4) is 0 Å². The molecule has 1 aromatic carbocycles. The van der Waals surface area contributed by atoms with Gasteiger partial charge in [-0.1, -0.05) is 42.4 Å². The molecule has 3 aromatic rings. The molecule has 2 aromatic heterocycles. The standard InChI is InChI=1S/C18H19FN4OS2/c19-13-8-6-12(7-9-13)16-20-15(10-24-16)11-25-18-23-22-17(26-18)21-14-4-2-1-3-5-14/h6-10,14H,1-5,11H2,(H,21,22). The fourth-order valence-electron chi connectivity index (χ4n) is 2.98. The second-order valence-electron chi connectivity index (χ2n) is 6.29. The van der Waals surface area contributed by atoms with Gasteiger partial charge >= 0.3 is 0 Å². The van der Waals surface area contributed by atoms with E-state index in [1.165, 1.54) is 44.2 Å². The molecule has 0 aliphatic heterocycles. The Morgan fingerprint density at radius 2 is 1.96 bits per heavy atom. The number of oxazole rings is 1. The van der Waals surface area contributed by atoms with Crippen LogP contribution in [0.2, 0.25) is 0 Å². The van der Waals surface area contributed by atoms with Crippen LogP contribution in [-0.2, 0) is 5.75 Å². The van der Waals surface area contributed by atoms with Gasteiger partial charge in [-0.05, 0) is 37.1 Å². The molecule has 0 radical (unpaired) electrons. The van der Waals surface area contributed by atoms with Gasteiger partial charge in [-0.25, -0.2) is 9.37 Å². The number of thioether (sulfide) groups is 1. The number of benzene rings is 1. The molecule has 0 saturated heterocycles. The van der Waals surface area contributed by atoms with Gasteiger partial charge in [-0.2, -0.15) is 0 Å². The Hall–Kier alpha value is -1.93. The van der Waals surface area contributed by atoms with Crippen molar-refractivity contribution in [1.29, 1.82) is 0 Å². The summed E-state index contributed by atoms with van der Waals surface area (Å²) in [6.45, 7) is 0. The molecule has 1 N–H and O–H groups in total. The summed E-state index contributed by atoms with van der Waals surface area (Å²) in [5.74, 6) is 0.880. The first-order valence-corrected chi connectivity index (χ1v) is 10.5. The van der Waals surface area contributed by atoms with E-state index in [0.717, 1.165) is 20.7 Å². The highest BCUT2D eigenvalue weighted by Crippen LogP contribution is 2.30. The van der Waals surface area contributed by atoms with Crippen molar-refractivity contribution in [1.82, 2.24) is 15.2 Å². The van der Waals surface area contributed by atoms with Crippen LogP contribution in [-0.4, -0.2) is 21.2 Å². The Bertz CT molecular complexity index is 843. The minimum Gasteiger partial charge on any atom is -0.444 e. The van der Waals surface area contributed by atoms with Gasteiger partial charge in [0.25, 0.3) is 0 Å². The highest BCUT2D eigenvalue weighted by Gasteiger charge is 2.15. The predicted octanol–water partition coefficient (Wildman–Crippen LogP) is 5.37. The van der Waals surface area contributed by atoms with E-state index in [-0.39, 0.29) is 5.82 Å². The first-order chi connectivity index (χ1) is 12.8. The lowest BCUT2D eigenvalue weighted by molar-refractivity contribution is 0.462. The molecule has 4 rings (SSSR count). The zero-order valence-electron chi connectivity index (χ0n) is 14.2. The van der Waals surface area contributed by atoms with E-state index in [9.17, 15) is 4.39 Å². The van der Waals surface area contributed by atoms with Crippen LogP contribution in [0, 0.1) is 5.82 Å². The number of hydrogen-bond acceptors (Lipinski definition) is 7. The van der Waals surface area contributed by atoms with Crippen molar-refractivity contribution < 1.29 is 8.81 Å². The quantitative estimate of drug-likeness (QED) is 0.571. The number of hydrogen-bond donors (Lipinski definition) is 1. The van der Waals surface area contributed by atoms with Crippen molar-refractivity contribution in [2.24, 2.45) is 0 Å². The average Bonchev–Trinajstić information content (AvgIpc) is 3.31. The number of aromatic nitrogens is 3. The van der Waals surface area contributed by atoms with E-state index in [1.807, 2.05) is 0 Å². The van der Waals surface area contributed by atoms with Crippen LogP contribution >= 0.6 is 23.1 Å². The van der Waals surface area contributed by atoms with Crippen LogP contribution in [0.4, 0.5) is 9.52 Å². The maximum absolute atomic E-state index is 13.0. The molecule has 1 fully saturated rings. The third kappa shape index (κ3) is 4.42. The molecule has 0 bridgehead atoms. The van der Waals surface area contributed by atoms with E-state index in [4.69, 9.17) is 4.42 Å². The number of anilines is 1. The Morgan fingerprint density at radius 3 is 2.77 bits per heavy atom. The van der Waals surface area contributed by atoms with Crippen LogP contribution in [0.25, 0.3) is 11.5 Å². The molecule has 26 heavy (non-hydrogen) atoms. The number of nitrogens with zero attached hydrogens (tertiary/aromatic N) is 3. The molecule has 136 valence electrons. The van der Waals surface area contributed by atoms with Gasteiger partial charge in [0.1, 0.15) is 12.1 Å². The molecule has 8 heteroatoms. The lowest BCUT2D eigenvalue weighted by Crippen LogP contribution is -2.21. The molecule has 0 amide bonds.